The summed E-state index contributed by atoms with van der Waals surface area (Å²) in [6.45, 7) is 2.16. The highest BCUT2D eigenvalue weighted by atomic mass is 16.5. The highest BCUT2D eigenvalue weighted by Crippen LogP contribution is 2.19. The molecule has 0 aliphatic rings. The van der Waals surface area contributed by atoms with Gasteiger partial charge in [-0.2, -0.15) is 0 Å². The van der Waals surface area contributed by atoms with Crippen LogP contribution in [0.15, 0.2) is 89.9 Å². The van der Waals surface area contributed by atoms with Crippen molar-refractivity contribution in [3.05, 3.63) is 96.1 Å². The number of nitrogens with zero attached hydrogens (tertiary/aromatic N) is 1. The molecule has 3 heteroatoms. The summed E-state index contributed by atoms with van der Waals surface area (Å²) in [6.07, 6.45) is 2.28. The van der Waals surface area contributed by atoms with E-state index in [0.29, 0.717) is 13.0 Å². The maximum absolute atomic E-state index is 12.3. The Bertz CT molecular complexity index is 871. The van der Waals surface area contributed by atoms with Gasteiger partial charge in [-0.3, -0.25) is 4.99 Å². The predicted molar refractivity (Wildman–Crippen MR) is 110 cm³/mol. The third kappa shape index (κ3) is 5.38. The second-order valence-corrected chi connectivity index (χ2v) is 6.22. The zero-order valence-electron chi connectivity index (χ0n) is 15.4. The first-order valence-electron chi connectivity index (χ1n) is 9.15. The molecule has 0 saturated carbocycles. The molecule has 3 aromatic rings. The van der Waals surface area contributed by atoms with E-state index in [2.05, 4.69) is 29.3 Å². The molecular formula is C24H23NO2. The van der Waals surface area contributed by atoms with E-state index >= 15 is 0 Å². The van der Waals surface area contributed by atoms with E-state index in [9.17, 15) is 4.79 Å². The first-order chi connectivity index (χ1) is 13.3. The number of hydrogen-bond donors (Lipinski definition) is 0. The van der Waals surface area contributed by atoms with Crippen LogP contribution in [0, 0.1) is 0 Å². The normalized spacial score (nSPS) is 12.0. The number of benzene rings is 3. The molecule has 0 heterocycles. The molecule has 0 saturated heterocycles. The Kier molecular flexibility index (Phi) is 6.53. The topological polar surface area (TPSA) is 38.7 Å². The van der Waals surface area contributed by atoms with Crippen molar-refractivity contribution in [3.63, 3.8) is 0 Å². The maximum Gasteiger partial charge on any atom is 0.331 e. The Hall–Kier alpha value is -3.20. The summed E-state index contributed by atoms with van der Waals surface area (Å²) in [5, 5.41) is 0. The zero-order valence-corrected chi connectivity index (χ0v) is 15.4. The molecule has 0 aliphatic heterocycles. The minimum Gasteiger partial charge on any atom is -0.464 e. The van der Waals surface area contributed by atoms with Gasteiger partial charge in [0.05, 0.1) is 6.61 Å². The van der Waals surface area contributed by atoms with Crippen molar-refractivity contribution in [1.82, 2.24) is 0 Å². The number of rotatable bonds is 7. The van der Waals surface area contributed by atoms with E-state index in [-0.39, 0.29) is 5.97 Å². The van der Waals surface area contributed by atoms with E-state index in [1.165, 1.54) is 5.56 Å². The van der Waals surface area contributed by atoms with Crippen LogP contribution in [0.4, 0.5) is 0 Å². The number of hydrogen-bond acceptors (Lipinski definition) is 3. The van der Waals surface area contributed by atoms with Gasteiger partial charge in [0, 0.05) is 12.6 Å². The smallest absolute Gasteiger partial charge is 0.331 e. The summed E-state index contributed by atoms with van der Waals surface area (Å²) < 4.78 is 5.19. The van der Waals surface area contributed by atoms with Crippen LogP contribution >= 0.6 is 0 Å². The van der Waals surface area contributed by atoms with Crippen LogP contribution in [0.5, 0.6) is 0 Å². The van der Waals surface area contributed by atoms with Gasteiger partial charge < -0.3 is 4.74 Å². The highest BCUT2D eigenvalue weighted by molar-refractivity contribution is 5.85. The van der Waals surface area contributed by atoms with Gasteiger partial charge in [0.2, 0.25) is 0 Å². The fraction of sp³-hybridized carbons (Fsp3) is 0.167. The standard InChI is InChI=1S/C24H23NO2/c1-2-27-24(26)23(17-19-9-5-3-6-10-19)25-18-20-13-15-22(16-14-20)21-11-7-4-8-12-21/h3-16,18,23H,2,17H2,1H3/t23-/m0/s1. The van der Waals surface area contributed by atoms with Gasteiger partial charge in [-0.1, -0.05) is 84.9 Å². The third-order valence-electron chi connectivity index (χ3n) is 4.25. The van der Waals surface area contributed by atoms with Gasteiger partial charge in [-0.05, 0) is 29.2 Å². The Morgan fingerprint density at radius 1 is 0.889 bits per heavy atom. The van der Waals surface area contributed by atoms with E-state index in [1.807, 2.05) is 67.6 Å². The molecule has 0 N–H and O–H groups in total. The lowest BCUT2D eigenvalue weighted by Gasteiger charge is -2.11. The molecule has 3 aromatic carbocycles. The monoisotopic (exact) mass is 357 g/mol. The fourth-order valence-corrected chi connectivity index (χ4v) is 2.84. The second kappa shape index (κ2) is 9.48. The molecule has 0 fully saturated rings. The second-order valence-electron chi connectivity index (χ2n) is 6.22. The summed E-state index contributed by atoms with van der Waals surface area (Å²) in [7, 11) is 0. The molecule has 0 bridgehead atoms. The van der Waals surface area contributed by atoms with Crippen molar-refractivity contribution >= 4 is 12.2 Å². The van der Waals surface area contributed by atoms with Crippen molar-refractivity contribution in [3.8, 4) is 11.1 Å². The van der Waals surface area contributed by atoms with Gasteiger partial charge in [0.25, 0.3) is 0 Å². The summed E-state index contributed by atoms with van der Waals surface area (Å²) in [5.74, 6) is -0.293. The highest BCUT2D eigenvalue weighted by Gasteiger charge is 2.18. The van der Waals surface area contributed by atoms with E-state index < -0.39 is 6.04 Å². The number of carbonyl (C=O) groups is 1. The number of esters is 1. The first kappa shape index (κ1) is 18.6. The third-order valence-corrected chi connectivity index (χ3v) is 4.25. The Balaban J connectivity index is 1.74. The SMILES string of the molecule is CCOC(=O)[C@H](Cc1ccccc1)N=Cc1ccc(-c2ccccc2)cc1. The molecule has 136 valence electrons. The average Bonchev–Trinajstić information content (AvgIpc) is 2.73. The molecule has 3 rings (SSSR count). The van der Waals surface area contributed by atoms with Gasteiger partial charge in [-0.25, -0.2) is 4.79 Å². The number of ether oxygens (including phenoxy) is 1. The summed E-state index contributed by atoms with van der Waals surface area (Å²) in [6, 6.07) is 27.7. The van der Waals surface area contributed by atoms with Gasteiger partial charge in [-0.15, -0.1) is 0 Å². The van der Waals surface area contributed by atoms with Crippen LogP contribution in [0.3, 0.4) is 0 Å². The number of carbonyl (C=O) groups excluding carboxylic acids is 1. The molecule has 0 spiro atoms. The Morgan fingerprint density at radius 2 is 1.48 bits per heavy atom. The number of aliphatic imine (C=N–C) groups is 1. The molecule has 0 aromatic heterocycles. The van der Waals surface area contributed by atoms with Crippen LogP contribution < -0.4 is 0 Å². The molecule has 0 unspecified atom stereocenters. The van der Waals surface area contributed by atoms with Crippen molar-refractivity contribution in [1.29, 1.82) is 0 Å². The fourth-order valence-electron chi connectivity index (χ4n) is 2.84. The molecule has 0 radical (unpaired) electrons. The average molecular weight is 357 g/mol. The van der Waals surface area contributed by atoms with Crippen molar-refractivity contribution in [2.75, 3.05) is 6.61 Å². The van der Waals surface area contributed by atoms with Crippen LogP contribution in [-0.4, -0.2) is 24.8 Å². The predicted octanol–water partition coefficient (Wildman–Crippen LogP) is 4.95. The van der Waals surface area contributed by atoms with E-state index in [1.54, 1.807) is 6.21 Å². The lowest BCUT2D eigenvalue weighted by Crippen LogP contribution is -2.24. The summed E-state index contributed by atoms with van der Waals surface area (Å²) in [4.78, 5) is 16.8. The molecule has 0 aliphatic carbocycles. The first-order valence-corrected chi connectivity index (χ1v) is 9.15. The minimum atomic E-state index is -0.541. The summed E-state index contributed by atoms with van der Waals surface area (Å²) in [5.41, 5.74) is 4.35. The van der Waals surface area contributed by atoms with Crippen molar-refractivity contribution in [2.45, 2.75) is 19.4 Å². The van der Waals surface area contributed by atoms with Gasteiger partial charge >= 0.3 is 5.97 Å². The molecule has 27 heavy (non-hydrogen) atoms. The quantitative estimate of drug-likeness (QED) is 0.443. The molecule has 0 amide bonds. The van der Waals surface area contributed by atoms with Crippen LogP contribution in [0.2, 0.25) is 0 Å². The Morgan fingerprint density at radius 3 is 2.11 bits per heavy atom. The minimum absolute atomic E-state index is 0.293. The lowest BCUT2D eigenvalue weighted by atomic mass is 10.0. The van der Waals surface area contributed by atoms with E-state index in [4.69, 9.17) is 4.74 Å². The van der Waals surface area contributed by atoms with Gasteiger partial charge in [0.1, 0.15) is 0 Å². The largest absolute Gasteiger partial charge is 0.464 e. The summed E-state index contributed by atoms with van der Waals surface area (Å²) >= 11 is 0. The maximum atomic E-state index is 12.3. The van der Waals surface area contributed by atoms with Crippen LogP contribution in [-0.2, 0) is 16.0 Å². The molecule has 3 nitrogen and oxygen atoms in total. The molecular weight excluding hydrogens is 334 g/mol. The van der Waals surface area contributed by atoms with Crippen molar-refractivity contribution < 1.29 is 9.53 Å². The Labute approximate surface area is 160 Å². The van der Waals surface area contributed by atoms with Gasteiger partial charge in [0.15, 0.2) is 6.04 Å². The van der Waals surface area contributed by atoms with Crippen molar-refractivity contribution in [2.24, 2.45) is 4.99 Å². The van der Waals surface area contributed by atoms with E-state index in [0.717, 1.165) is 16.7 Å². The van der Waals surface area contributed by atoms with Crippen LogP contribution in [0.1, 0.15) is 18.1 Å². The molecule has 1 atom stereocenters. The van der Waals surface area contributed by atoms with Crippen LogP contribution in [0.25, 0.3) is 11.1 Å². The zero-order chi connectivity index (χ0) is 18.9. The lowest BCUT2D eigenvalue weighted by molar-refractivity contribution is -0.144.